The fourth-order valence-corrected chi connectivity index (χ4v) is 2.71. The molecule has 128 valence electrons. The molecule has 4 nitrogen and oxygen atoms in total. The van der Waals surface area contributed by atoms with Gasteiger partial charge < -0.3 is 15.1 Å². The Balaban J connectivity index is 1.91. The van der Waals surface area contributed by atoms with Gasteiger partial charge in [0.1, 0.15) is 0 Å². The molecule has 0 aromatic heterocycles. The number of halogens is 3. The Kier molecular flexibility index (Phi) is 5.51. The summed E-state index contributed by atoms with van der Waals surface area (Å²) in [6, 6.07) is 4.91. The highest BCUT2D eigenvalue weighted by Crippen LogP contribution is 2.29. The van der Waals surface area contributed by atoms with Crippen LogP contribution in [0, 0.1) is 0 Å². The van der Waals surface area contributed by atoms with E-state index in [1.54, 1.807) is 13.1 Å². The molecule has 1 aliphatic heterocycles. The summed E-state index contributed by atoms with van der Waals surface area (Å²) >= 11 is 0. The molecule has 0 saturated carbocycles. The molecule has 1 aliphatic rings. The van der Waals surface area contributed by atoms with Crippen molar-refractivity contribution in [2.45, 2.75) is 32.1 Å². The van der Waals surface area contributed by atoms with E-state index < -0.39 is 11.7 Å². The number of nitrogens with zero attached hydrogens (tertiary/aromatic N) is 2. The monoisotopic (exact) mass is 329 g/mol. The molecule has 1 atom stereocenters. The van der Waals surface area contributed by atoms with Gasteiger partial charge in [0, 0.05) is 32.7 Å². The summed E-state index contributed by atoms with van der Waals surface area (Å²) in [5.41, 5.74) is -0.239. The smallest absolute Gasteiger partial charge is 0.334 e. The van der Waals surface area contributed by atoms with Gasteiger partial charge in [0.25, 0.3) is 0 Å². The third-order valence-corrected chi connectivity index (χ3v) is 4.07. The summed E-state index contributed by atoms with van der Waals surface area (Å²) in [5, 5.41) is 2.93. The Morgan fingerprint density at radius 2 is 2.17 bits per heavy atom. The Labute approximate surface area is 134 Å². The van der Waals surface area contributed by atoms with E-state index in [0.29, 0.717) is 5.56 Å². The maximum Gasteiger partial charge on any atom is 0.416 e. The second-order valence-corrected chi connectivity index (χ2v) is 5.88. The second kappa shape index (κ2) is 7.21. The van der Waals surface area contributed by atoms with E-state index in [-0.39, 0.29) is 18.6 Å². The van der Waals surface area contributed by atoms with E-state index in [2.05, 4.69) is 17.1 Å². The highest BCUT2D eigenvalue weighted by atomic mass is 19.4. The summed E-state index contributed by atoms with van der Waals surface area (Å²) < 4.78 is 38.1. The molecule has 23 heavy (non-hydrogen) atoms. The number of nitrogens with one attached hydrogen (secondary N) is 1. The van der Waals surface area contributed by atoms with Gasteiger partial charge in [-0.05, 0) is 30.7 Å². The van der Waals surface area contributed by atoms with Crippen LogP contribution in [0.25, 0.3) is 0 Å². The number of hydrogen-bond acceptors (Lipinski definition) is 2. The lowest BCUT2D eigenvalue weighted by Crippen LogP contribution is -2.43. The third-order valence-electron chi connectivity index (χ3n) is 4.07. The zero-order valence-corrected chi connectivity index (χ0v) is 13.4. The first kappa shape index (κ1) is 17.6. The van der Waals surface area contributed by atoms with Gasteiger partial charge in [-0.3, -0.25) is 0 Å². The molecule has 7 heteroatoms. The quantitative estimate of drug-likeness (QED) is 0.922. The summed E-state index contributed by atoms with van der Waals surface area (Å²) in [6.07, 6.45) is -3.47. The molecule has 0 spiro atoms. The predicted octanol–water partition coefficient (Wildman–Crippen LogP) is 2.94. The van der Waals surface area contributed by atoms with Crippen molar-refractivity contribution in [2.24, 2.45) is 0 Å². The molecular formula is C16H22F3N3O. The predicted molar refractivity (Wildman–Crippen MR) is 82.0 cm³/mol. The molecule has 1 unspecified atom stereocenters. The Hall–Kier alpha value is -1.76. The number of carbonyl (C=O) groups excluding carboxylic acids is 1. The van der Waals surface area contributed by atoms with Crippen molar-refractivity contribution in [1.29, 1.82) is 0 Å². The number of alkyl halides is 3. The van der Waals surface area contributed by atoms with Gasteiger partial charge in [-0.25, -0.2) is 4.79 Å². The standard InChI is InChI=1S/C16H22F3N3O/c1-3-22-8-7-14(11-22)20-15(23)21(2)10-12-5-4-6-13(9-12)16(17,18)19/h4-6,9,14H,3,7-8,10-11H2,1-2H3,(H,20,23). The molecule has 1 aromatic carbocycles. The van der Waals surface area contributed by atoms with Gasteiger partial charge in [0.05, 0.1) is 5.56 Å². The Bertz CT molecular complexity index is 548. The molecule has 0 bridgehead atoms. The van der Waals surface area contributed by atoms with E-state index >= 15 is 0 Å². The van der Waals surface area contributed by atoms with E-state index in [9.17, 15) is 18.0 Å². The molecule has 0 radical (unpaired) electrons. The van der Waals surface area contributed by atoms with Gasteiger partial charge in [-0.2, -0.15) is 13.2 Å². The number of carbonyl (C=O) groups is 1. The summed E-state index contributed by atoms with van der Waals surface area (Å²) in [6.45, 7) is 4.94. The van der Waals surface area contributed by atoms with Crippen LogP contribution in [0.2, 0.25) is 0 Å². The first-order valence-electron chi connectivity index (χ1n) is 7.69. The average Bonchev–Trinajstić information content (AvgIpc) is 2.94. The van der Waals surface area contributed by atoms with Crippen molar-refractivity contribution >= 4 is 6.03 Å². The van der Waals surface area contributed by atoms with Crippen LogP contribution >= 0.6 is 0 Å². The lowest BCUT2D eigenvalue weighted by atomic mass is 10.1. The number of rotatable bonds is 4. The minimum atomic E-state index is -4.37. The van der Waals surface area contributed by atoms with Crippen molar-refractivity contribution in [3.8, 4) is 0 Å². The van der Waals surface area contributed by atoms with Gasteiger partial charge in [-0.1, -0.05) is 19.1 Å². The van der Waals surface area contributed by atoms with E-state index in [1.807, 2.05) is 0 Å². The maximum absolute atomic E-state index is 12.7. The zero-order valence-electron chi connectivity index (χ0n) is 13.4. The molecule has 1 saturated heterocycles. The van der Waals surface area contributed by atoms with Crippen LogP contribution in [0.1, 0.15) is 24.5 Å². The number of urea groups is 1. The highest BCUT2D eigenvalue weighted by Gasteiger charge is 2.30. The fourth-order valence-electron chi connectivity index (χ4n) is 2.71. The van der Waals surface area contributed by atoms with Crippen LogP contribution in [0.4, 0.5) is 18.0 Å². The van der Waals surface area contributed by atoms with Crippen LogP contribution in [-0.4, -0.2) is 48.6 Å². The summed E-state index contributed by atoms with van der Waals surface area (Å²) in [7, 11) is 1.59. The number of likely N-dealkylation sites (tertiary alicyclic amines) is 1. The lowest BCUT2D eigenvalue weighted by molar-refractivity contribution is -0.137. The maximum atomic E-state index is 12.7. The van der Waals surface area contributed by atoms with Crippen LogP contribution < -0.4 is 5.32 Å². The van der Waals surface area contributed by atoms with Gasteiger partial charge >= 0.3 is 12.2 Å². The minimum Gasteiger partial charge on any atom is -0.334 e. The Morgan fingerprint density at radius 3 is 2.78 bits per heavy atom. The normalized spacial score (nSPS) is 18.9. The molecule has 1 fully saturated rings. The fraction of sp³-hybridized carbons (Fsp3) is 0.562. The van der Waals surface area contributed by atoms with Crippen molar-refractivity contribution in [3.05, 3.63) is 35.4 Å². The van der Waals surface area contributed by atoms with Crippen LogP contribution in [0.3, 0.4) is 0 Å². The molecule has 1 aromatic rings. The van der Waals surface area contributed by atoms with Gasteiger partial charge in [-0.15, -0.1) is 0 Å². The molecule has 1 N–H and O–H groups in total. The third kappa shape index (κ3) is 4.86. The van der Waals surface area contributed by atoms with E-state index in [0.717, 1.165) is 38.2 Å². The summed E-state index contributed by atoms with van der Waals surface area (Å²) in [5.74, 6) is 0. The minimum absolute atomic E-state index is 0.103. The molecular weight excluding hydrogens is 307 g/mol. The van der Waals surface area contributed by atoms with E-state index in [4.69, 9.17) is 0 Å². The largest absolute Gasteiger partial charge is 0.416 e. The van der Waals surface area contributed by atoms with Crippen molar-refractivity contribution in [2.75, 3.05) is 26.7 Å². The number of amides is 2. The molecule has 1 heterocycles. The second-order valence-electron chi connectivity index (χ2n) is 5.88. The number of likely N-dealkylation sites (N-methyl/N-ethyl adjacent to an activating group) is 1. The zero-order chi connectivity index (χ0) is 17.0. The highest BCUT2D eigenvalue weighted by molar-refractivity contribution is 5.74. The first-order chi connectivity index (χ1) is 10.8. The van der Waals surface area contributed by atoms with Crippen LogP contribution in [-0.2, 0) is 12.7 Å². The lowest BCUT2D eigenvalue weighted by Gasteiger charge is -2.22. The molecule has 2 rings (SSSR count). The number of benzene rings is 1. The van der Waals surface area contributed by atoms with E-state index in [1.165, 1.54) is 11.0 Å². The van der Waals surface area contributed by atoms with Crippen molar-refractivity contribution in [1.82, 2.24) is 15.1 Å². The van der Waals surface area contributed by atoms with Crippen LogP contribution in [0.15, 0.2) is 24.3 Å². The van der Waals surface area contributed by atoms with Crippen molar-refractivity contribution in [3.63, 3.8) is 0 Å². The Morgan fingerprint density at radius 1 is 1.43 bits per heavy atom. The average molecular weight is 329 g/mol. The first-order valence-corrected chi connectivity index (χ1v) is 7.69. The van der Waals surface area contributed by atoms with Crippen molar-refractivity contribution < 1.29 is 18.0 Å². The SMILES string of the molecule is CCN1CCC(NC(=O)N(C)Cc2cccc(C(F)(F)F)c2)C1. The summed E-state index contributed by atoms with van der Waals surface area (Å²) in [4.78, 5) is 15.8. The topological polar surface area (TPSA) is 35.6 Å². The molecule has 0 aliphatic carbocycles. The van der Waals surface area contributed by atoms with Gasteiger partial charge in [0.2, 0.25) is 0 Å². The van der Waals surface area contributed by atoms with Gasteiger partial charge in [0.15, 0.2) is 0 Å². The van der Waals surface area contributed by atoms with Crippen LogP contribution in [0.5, 0.6) is 0 Å². The number of hydrogen-bond donors (Lipinski definition) is 1. The molecule has 2 amide bonds.